The predicted molar refractivity (Wildman–Crippen MR) is 84.1 cm³/mol. The van der Waals surface area contributed by atoms with E-state index in [0.29, 0.717) is 10.5 Å². The van der Waals surface area contributed by atoms with Crippen molar-refractivity contribution in [2.24, 2.45) is 0 Å². The highest BCUT2D eigenvalue weighted by Gasteiger charge is 2.13. The Kier molecular flexibility index (Phi) is 4.86. The van der Waals surface area contributed by atoms with Crippen LogP contribution in [-0.4, -0.2) is 11.1 Å². The highest BCUT2D eigenvalue weighted by molar-refractivity contribution is 9.10. The van der Waals surface area contributed by atoms with E-state index in [-0.39, 0.29) is 5.56 Å². The molecule has 2 rings (SSSR count). The number of nitriles is 1. The SMILES string of the molecule is N#Cc1cc(Br)ccc1Sc1cc(Br)ccc1C(=O)O. The topological polar surface area (TPSA) is 61.1 Å². The minimum Gasteiger partial charge on any atom is -0.478 e. The average Bonchev–Trinajstić information content (AvgIpc) is 2.40. The molecule has 0 aliphatic rings. The zero-order valence-corrected chi connectivity index (χ0v) is 13.9. The van der Waals surface area contributed by atoms with Crippen molar-refractivity contribution in [3.05, 3.63) is 56.5 Å². The zero-order valence-electron chi connectivity index (χ0n) is 9.93. The van der Waals surface area contributed by atoms with Crippen LogP contribution in [0.15, 0.2) is 55.1 Å². The average molecular weight is 413 g/mol. The third-order valence-electron chi connectivity index (χ3n) is 2.46. The number of carboxylic acids is 1. The molecular weight excluding hydrogens is 406 g/mol. The van der Waals surface area contributed by atoms with Gasteiger partial charge in [0.15, 0.2) is 0 Å². The number of carbonyl (C=O) groups is 1. The Labute approximate surface area is 136 Å². The summed E-state index contributed by atoms with van der Waals surface area (Å²) in [5.74, 6) is -0.990. The summed E-state index contributed by atoms with van der Waals surface area (Å²) in [6.45, 7) is 0. The van der Waals surface area contributed by atoms with Crippen LogP contribution in [0.25, 0.3) is 0 Å². The van der Waals surface area contributed by atoms with Crippen LogP contribution < -0.4 is 0 Å². The molecule has 0 unspecified atom stereocenters. The van der Waals surface area contributed by atoms with Crippen LogP contribution in [0.2, 0.25) is 0 Å². The van der Waals surface area contributed by atoms with Crippen LogP contribution in [0.3, 0.4) is 0 Å². The summed E-state index contributed by atoms with van der Waals surface area (Å²) < 4.78 is 1.60. The van der Waals surface area contributed by atoms with Gasteiger partial charge in [-0.15, -0.1) is 0 Å². The third kappa shape index (κ3) is 3.42. The minimum absolute atomic E-state index is 0.213. The van der Waals surface area contributed by atoms with E-state index in [1.54, 1.807) is 30.3 Å². The Bertz CT molecular complexity index is 726. The molecule has 6 heteroatoms. The van der Waals surface area contributed by atoms with Gasteiger partial charge in [-0.2, -0.15) is 5.26 Å². The molecule has 0 aromatic heterocycles. The number of rotatable bonds is 3. The van der Waals surface area contributed by atoms with Gasteiger partial charge in [-0.1, -0.05) is 43.6 Å². The lowest BCUT2D eigenvalue weighted by Crippen LogP contribution is -1.98. The molecule has 20 heavy (non-hydrogen) atoms. The molecule has 0 saturated heterocycles. The second-order valence-electron chi connectivity index (χ2n) is 3.80. The van der Waals surface area contributed by atoms with Crippen molar-refractivity contribution >= 4 is 49.6 Å². The molecule has 0 fully saturated rings. The van der Waals surface area contributed by atoms with Crippen molar-refractivity contribution in [2.75, 3.05) is 0 Å². The summed E-state index contributed by atoms with van der Waals surface area (Å²) in [6, 6.07) is 12.4. The van der Waals surface area contributed by atoms with Crippen LogP contribution in [0, 0.1) is 11.3 Å². The van der Waals surface area contributed by atoms with Crippen LogP contribution in [0.5, 0.6) is 0 Å². The monoisotopic (exact) mass is 411 g/mol. The molecule has 0 aliphatic heterocycles. The van der Waals surface area contributed by atoms with E-state index in [9.17, 15) is 9.90 Å². The summed E-state index contributed by atoms with van der Waals surface area (Å²) >= 11 is 7.90. The standard InChI is InChI=1S/C14H7Br2NO2S/c15-9-2-4-12(8(5-9)7-17)20-13-6-10(16)1-3-11(13)14(18)19/h1-6H,(H,18,19). The molecule has 0 heterocycles. The second-order valence-corrected chi connectivity index (χ2v) is 6.72. The first kappa shape index (κ1) is 15.1. The van der Waals surface area contributed by atoms with Gasteiger partial charge in [0.05, 0.1) is 11.1 Å². The van der Waals surface area contributed by atoms with E-state index >= 15 is 0 Å². The highest BCUT2D eigenvalue weighted by atomic mass is 79.9. The Morgan fingerprint density at radius 1 is 1.10 bits per heavy atom. The first-order chi connectivity index (χ1) is 9.51. The maximum atomic E-state index is 11.2. The van der Waals surface area contributed by atoms with Crippen molar-refractivity contribution in [2.45, 2.75) is 9.79 Å². The Hall–Kier alpha value is -1.29. The Morgan fingerprint density at radius 2 is 1.75 bits per heavy atom. The molecule has 1 N–H and O–H groups in total. The number of aromatic carboxylic acids is 1. The molecule has 0 spiro atoms. The number of hydrogen-bond donors (Lipinski definition) is 1. The summed E-state index contributed by atoms with van der Waals surface area (Å²) in [6.07, 6.45) is 0. The molecule has 0 bridgehead atoms. The van der Waals surface area contributed by atoms with Crippen molar-refractivity contribution in [3.8, 4) is 6.07 Å². The molecule has 3 nitrogen and oxygen atoms in total. The van der Waals surface area contributed by atoms with Crippen molar-refractivity contribution in [1.82, 2.24) is 0 Å². The van der Waals surface area contributed by atoms with Crippen molar-refractivity contribution < 1.29 is 9.90 Å². The van der Waals surface area contributed by atoms with Crippen LogP contribution in [0.1, 0.15) is 15.9 Å². The normalized spacial score (nSPS) is 10.1. The summed E-state index contributed by atoms with van der Waals surface area (Å²) in [5.41, 5.74) is 0.714. The van der Waals surface area contributed by atoms with E-state index in [1.165, 1.54) is 11.8 Å². The largest absolute Gasteiger partial charge is 0.478 e. The molecule has 0 saturated carbocycles. The first-order valence-corrected chi connectivity index (χ1v) is 7.82. The molecular formula is C14H7Br2NO2S. The number of benzene rings is 2. The van der Waals surface area contributed by atoms with E-state index in [4.69, 9.17) is 5.26 Å². The first-order valence-electron chi connectivity index (χ1n) is 5.41. The lowest BCUT2D eigenvalue weighted by molar-refractivity contribution is 0.0693. The van der Waals surface area contributed by atoms with E-state index in [2.05, 4.69) is 37.9 Å². The van der Waals surface area contributed by atoms with Crippen LogP contribution in [-0.2, 0) is 0 Å². The molecule has 0 aliphatic carbocycles. The number of carboxylic acid groups (broad SMARTS) is 1. The number of halogens is 2. The fraction of sp³-hybridized carbons (Fsp3) is 0. The molecule has 0 atom stereocenters. The molecule has 2 aromatic rings. The fourth-order valence-corrected chi connectivity index (χ4v) is 3.47. The number of nitrogens with zero attached hydrogens (tertiary/aromatic N) is 1. The van der Waals surface area contributed by atoms with Crippen molar-refractivity contribution in [1.29, 1.82) is 5.26 Å². The van der Waals surface area contributed by atoms with Gasteiger partial charge in [0.2, 0.25) is 0 Å². The summed E-state index contributed by atoms with van der Waals surface area (Å²) in [7, 11) is 0. The quantitative estimate of drug-likeness (QED) is 0.775. The van der Waals surface area contributed by atoms with Gasteiger partial charge in [0, 0.05) is 18.7 Å². The van der Waals surface area contributed by atoms with Crippen molar-refractivity contribution in [3.63, 3.8) is 0 Å². The van der Waals surface area contributed by atoms with Gasteiger partial charge in [-0.05, 0) is 36.4 Å². The van der Waals surface area contributed by atoms with Crippen LogP contribution in [0.4, 0.5) is 0 Å². The van der Waals surface area contributed by atoms with E-state index in [1.807, 2.05) is 6.07 Å². The summed E-state index contributed by atoms with van der Waals surface area (Å²) in [4.78, 5) is 12.5. The van der Waals surface area contributed by atoms with Gasteiger partial charge in [0.25, 0.3) is 0 Å². The highest BCUT2D eigenvalue weighted by Crippen LogP contribution is 2.35. The zero-order chi connectivity index (χ0) is 14.7. The Balaban J connectivity index is 2.47. The summed E-state index contributed by atoms with van der Waals surface area (Å²) in [5, 5.41) is 18.3. The molecule has 0 amide bonds. The van der Waals surface area contributed by atoms with Gasteiger partial charge < -0.3 is 5.11 Å². The minimum atomic E-state index is -0.990. The van der Waals surface area contributed by atoms with E-state index < -0.39 is 5.97 Å². The van der Waals surface area contributed by atoms with Crippen LogP contribution >= 0.6 is 43.6 Å². The molecule has 0 radical (unpaired) electrons. The Morgan fingerprint density at radius 3 is 2.40 bits per heavy atom. The maximum absolute atomic E-state index is 11.2. The lowest BCUT2D eigenvalue weighted by atomic mass is 10.2. The van der Waals surface area contributed by atoms with Gasteiger partial charge in [0.1, 0.15) is 6.07 Å². The second kappa shape index (κ2) is 6.44. The molecule has 100 valence electrons. The third-order valence-corrected chi connectivity index (χ3v) is 4.58. The maximum Gasteiger partial charge on any atom is 0.336 e. The number of hydrogen-bond acceptors (Lipinski definition) is 3. The predicted octanol–water partition coefficient (Wildman–Crippen LogP) is 4.93. The van der Waals surface area contributed by atoms with Gasteiger partial charge in [-0.25, -0.2) is 4.79 Å². The van der Waals surface area contributed by atoms with Gasteiger partial charge in [-0.3, -0.25) is 0 Å². The van der Waals surface area contributed by atoms with Gasteiger partial charge >= 0.3 is 5.97 Å². The molecule has 2 aromatic carbocycles. The fourth-order valence-electron chi connectivity index (χ4n) is 1.55. The lowest BCUT2D eigenvalue weighted by Gasteiger charge is -2.08. The van der Waals surface area contributed by atoms with E-state index in [0.717, 1.165) is 13.8 Å². The smallest absolute Gasteiger partial charge is 0.336 e.